The predicted octanol–water partition coefficient (Wildman–Crippen LogP) is 2.43. The molecule has 1 fully saturated rings. The van der Waals surface area contributed by atoms with Crippen LogP contribution in [0.5, 0.6) is 0 Å². The molecule has 0 unspecified atom stereocenters. The van der Waals surface area contributed by atoms with Crippen LogP contribution in [0.25, 0.3) is 0 Å². The Bertz CT molecular complexity index is 264. The van der Waals surface area contributed by atoms with Gasteiger partial charge in [-0.25, -0.2) is 5.48 Å². The monoisotopic (exact) mass is 177 g/mol. The molecule has 0 saturated heterocycles. The van der Waals surface area contributed by atoms with Crippen molar-refractivity contribution >= 4 is 0 Å². The van der Waals surface area contributed by atoms with Crippen LogP contribution in [0.4, 0.5) is 0 Å². The van der Waals surface area contributed by atoms with E-state index in [1.54, 1.807) is 0 Å². The van der Waals surface area contributed by atoms with Crippen molar-refractivity contribution in [1.82, 2.24) is 5.48 Å². The minimum Gasteiger partial charge on any atom is -0.316 e. The average molecular weight is 177 g/mol. The second-order valence-electron chi connectivity index (χ2n) is 3.70. The molecule has 2 nitrogen and oxygen atoms in total. The lowest BCUT2D eigenvalue weighted by molar-refractivity contribution is 0.161. The van der Waals surface area contributed by atoms with Gasteiger partial charge in [0.2, 0.25) is 0 Å². The van der Waals surface area contributed by atoms with E-state index in [9.17, 15) is 0 Å². The van der Waals surface area contributed by atoms with Gasteiger partial charge in [0.1, 0.15) is 0 Å². The van der Waals surface area contributed by atoms with E-state index >= 15 is 0 Å². The lowest BCUT2D eigenvalue weighted by Crippen LogP contribution is -2.09. The summed E-state index contributed by atoms with van der Waals surface area (Å²) < 4.78 is 0. The highest BCUT2D eigenvalue weighted by atomic mass is 16.5. The molecule has 0 radical (unpaired) electrons. The fraction of sp³-hybridized carbons (Fsp3) is 0.455. The molecule has 0 spiro atoms. The van der Waals surface area contributed by atoms with Crippen molar-refractivity contribution in [2.24, 2.45) is 0 Å². The summed E-state index contributed by atoms with van der Waals surface area (Å²) in [6.45, 7) is 0.533. The molecule has 1 saturated carbocycles. The molecular formula is C11H15NO. The third kappa shape index (κ3) is 1.90. The maximum atomic E-state index is 8.51. The molecule has 0 aliphatic heterocycles. The third-order valence-electron chi connectivity index (χ3n) is 2.84. The van der Waals surface area contributed by atoms with E-state index in [1.807, 2.05) is 0 Å². The van der Waals surface area contributed by atoms with Gasteiger partial charge >= 0.3 is 0 Å². The van der Waals surface area contributed by atoms with E-state index in [1.165, 1.54) is 24.8 Å². The van der Waals surface area contributed by atoms with Gasteiger partial charge in [0.25, 0.3) is 0 Å². The van der Waals surface area contributed by atoms with Gasteiger partial charge in [-0.3, -0.25) is 0 Å². The fourth-order valence-corrected chi connectivity index (χ4v) is 1.74. The van der Waals surface area contributed by atoms with Crippen molar-refractivity contribution in [1.29, 1.82) is 0 Å². The maximum absolute atomic E-state index is 8.51. The molecule has 0 amide bonds. The first-order valence-corrected chi connectivity index (χ1v) is 4.86. The van der Waals surface area contributed by atoms with Crippen molar-refractivity contribution < 1.29 is 5.21 Å². The Labute approximate surface area is 78.5 Å². The van der Waals surface area contributed by atoms with E-state index in [4.69, 9.17) is 5.21 Å². The molecular weight excluding hydrogens is 162 g/mol. The molecule has 0 aromatic heterocycles. The molecule has 1 aliphatic carbocycles. The van der Waals surface area contributed by atoms with E-state index < -0.39 is 0 Å². The number of benzene rings is 1. The summed E-state index contributed by atoms with van der Waals surface area (Å²) in [4.78, 5) is 0. The van der Waals surface area contributed by atoms with Crippen LogP contribution in [0.2, 0.25) is 0 Å². The van der Waals surface area contributed by atoms with E-state index in [-0.39, 0.29) is 0 Å². The Morgan fingerprint density at radius 2 is 1.92 bits per heavy atom. The van der Waals surface area contributed by atoms with Crippen molar-refractivity contribution in [2.75, 3.05) is 0 Å². The summed E-state index contributed by atoms with van der Waals surface area (Å²) in [7, 11) is 0. The van der Waals surface area contributed by atoms with Crippen LogP contribution in [0.15, 0.2) is 24.3 Å². The standard InChI is InChI=1S/C11H15NO/c13-12-8-9-4-6-11(7-5-9)10-2-1-3-10/h4-7,10,12-13H,1-3,8H2. The van der Waals surface area contributed by atoms with Crippen molar-refractivity contribution in [3.8, 4) is 0 Å². The highest BCUT2D eigenvalue weighted by Gasteiger charge is 2.18. The van der Waals surface area contributed by atoms with Gasteiger partial charge in [-0.05, 0) is 29.9 Å². The Morgan fingerprint density at radius 3 is 2.38 bits per heavy atom. The number of rotatable bonds is 3. The van der Waals surface area contributed by atoms with Crippen molar-refractivity contribution in [3.63, 3.8) is 0 Å². The van der Waals surface area contributed by atoms with Crippen LogP contribution in [-0.4, -0.2) is 5.21 Å². The van der Waals surface area contributed by atoms with E-state index in [0.717, 1.165) is 11.5 Å². The largest absolute Gasteiger partial charge is 0.316 e. The number of hydrogen-bond acceptors (Lipinski definition) is 2. The van der Waals surface area contributed by atoms with Gasteiger partial charge in [0.15, 0.2) is 0 Å². The van der Waals surface area contributed by atoms with Gasteiger partial charge in [-0.2, -0.15) is 0 Å². The minimum atomic E-state index is 0.533. The number of nitrogens with one attached hydrogen (secondary N) is 1. The van der Waals surface area contributed by atoms with Crippen LogP contribution < -0.4 is 5.48 Å². The van der Waals surface area contributed by atoms with Crippen molar-refractivity contribution in [2.45, 2.75) is 31.7 Å². The summed E-state index contributed by atoms with van der Waals surface area (Å²) >= 11 is 0. The molecule has 2 N–H and O–H groups in total. The lowest BCUT2D eigenvalue weighted by atomic mass is 9.80. The number of hydroxylamine groups is 1. The molecule has 1 aromatic carbocycles. The molecule has 1 aliphatic rings. The topological polar surface area (TPSA) is 32.3 Å². The lowest BCUT2D eigenvalue weighted by Gasteiger charge is -2.25. The smallest absolute Gasteiger partial charge is 0.0458 e. The molecule has 0 bridgehead atoms. The molecule has 0 atom stereocenters. The van der Waals surface area contributed by atoms with Crippen LogP contribution >= 0.6 is 0 Å². The van der Waals surface area contributed by atoms with Crippen LogP contribution in [0.1, 0.15) is 36.3 Å². The third-order valence-corrected chi connectivity index (χ3v) is 2.84. The minimum absolute atomic E-state index is 0.533. The van der Waals surface area contributed by atoms with Gasteiger partial charge in [-0.15, -0.1) is 0 Å². The summed E-state index contributed by atoms with van der Waals surface area (Å²) in [5.74, 6) is 0.802. The predicted molar refractivity (Wildman–Crippen MR) is 51.7 cm³/mol. The van der Waals surface area contributed by atoms with E-state index in [2.05, 4.69) is 29.7 Å². The Balaban J connectivity index is 2.04. The first-order chi connectivity index (χ1) is 6.40. The highest BCUT2D eigenvalue weighted by Crippen LogP contribution is 2.36. The summed E-state index contributed by atoms with van der Waals surface area (Å²) in [6.07, 6.45) is 4.07. The molecule has 0 heterocycles. The molecule has 2 heteroatoms. The molecule has 70 valence electrons. The zero-order valence-electron chi connectivity index (χ0n) is 7.66. The Kier molecular flexibility index (Phi) is 2.62. The summed E-state index contributed by atoms with van der Waals surface area (Å²) in [5, 5.41) is 8.51. The maximum Gasteiger partial charge on any atom is 0.0458 e. The first-order valence-electron chi connectivity index (χ1n) is 4.86. The van der Waals surface area contributed by atoms with Crippen molar-refractivity contribution in [3.05, 3.63) is 35.4 Å². The fourth-order valence-electron chi connectivity index (χ4n) is 1.74. The van der Waals surface area contributed by atoms with Crippen LogP contribution in [-0.2, 0) is 6.54 Å². The first kappa shape index (κ1) is 8.73. The average Bonchev–Trinajstić information content (AvgIpc) is 2.06. The zero-order valence-corrected chi connectivity index (χ0v) is 7.66. The second-order valence-corrected chi connectivity index (χ2v) is 3.70. The quantitative estimate of drug-likeness (QED) is 0.695. The zero-order chi connectivity index (χ0) is 9.10. The van der Waals surface area contributed by atoms with E-state index in [0.29, 0.717) is 6.54 Å². The Morgan fingerprint density at radius 1 is 1.23 bits per heavy atom. The Hall–Kier alpha value is -0.860. The molecule has 1 aromatic rings. The summed E-state index contributed by atoms with van der Waals surface area (Å²) in [6, 6.07) is 8.51. The van der Waals surface area contributed by atoms with Crippen LogP contribution in [0, 0.1) is 0 Å². The van der Waals surface area contributed by atoms with Gasteiger partial charge < -0.3 is 5.21 Å². The van der Waals surface area contributed by atoms with Gasteiger partial charge in [0.05, 0.1) is 0 Å². The molecule has 2 rings (SSSR count). The van der Waals surface area contributed by atoms with Gasteiger partial charge in [0, 0.05) is 6.54 Å². The second kappa shape index (κ2) is 3.90. The molecule has 13 heavy (non-hydrogen) atoms. The van der Waals surface area contributed by atoms with Crippen LogP contribution in [0.3, 0.4) is 0 Å². The highest BCUT2D eigenvalue weighted by molar-refractivity contribution is 5.26. The number of hydrogen-bond donors (Lipinski definition) is 2. The van der Waals surface area contributed by atoms with Gasteiger partial charge in [-0.1, -0.05) is 30.7 Å². The summed E-state index contributed by atoms with van der Waals surface area (Å²) in [5.41, 5.74) is 4.74. The normalized spacial score (nSPS) is 17.0. The SMILES string of the molecule is ONCc1ccc(C2CCC2)cc1.